The van der Waals surface area contributed by atoms with Crippen LogP contribution in [0.3, 0.4) is 0 Å². The van der Waals surface area contributed by atoms with Gasteiger partial charge in [-0.05, 0) is 30.7 Å². The van der Waals surface area contributed by atoms with E-state index in [0.29, 0.717) is 11.1 Å². The van der Waals surface area contributed by atoms with Crippen LogP contribution in [-0.4, -0.2) is 10.8 Å². The lowest BCUT2D eigenvalue weighted by Gasteiger charge is -2.09. The number of carbonyl (C=O) groups excluding carboxylic acids is 1. The summed E-state index contributed by atoms with van der Waals surface area (Å²) in [7, 11) is 0. The predicted octanol–water partition coefficient (Wildman–Crippen LogP) is 4.06. The summed E-state index contributed by atoms with van der Waals surface area (Å²) >= 11 is 3.30. The molecule has 5 nitrogen and oxygen atoms in total. The number of benzene rings is 2. The molecule has 0 spiro atoms. The van der Waals surface area contributed by atoms with E-state index >= 15 is 0 Å². The van der Waals surface area contributed by atoms with E-state index in [4.69, 9.17) is 0 Å². The third kappa shape index (κ3) is 3.25. The summed E-state index contributed by atoms with van der Waals surface area (Å²) in [6.07, 6.45) is 0. The molecule has 0 heterocycles. The molecule has 1 amide bonds. The van der Waals surface area contributed by atoms with Gasteiger partial charge in [0.05, 0.1) is 10.6 Å². The Labute approximate surface area is 128 Å². The summed E-state index contributed by atoms with van der Waals surface area (Å²) in [5, 5.41) is 13.0. The van der Waals surface area contributed by atoms with Gasteiger partial charge in [-0.25, -0.2) is 4.39 Å². The number of nitro groups is 1. The van der Waals surface area contributed by atoms with Gasteiger partial charge in [0.25, 0.3) is 11.6 Å². The molecule has 0 fully saturated rings. The molecule has 0 aliphatic rings. The number of non-ortho nitro benzene ring substituents is 1. The zero-order valence-corrected chi connectivity index (χ0v) is 12.5. The summed E-state index contributed by atoms with van der Waals surface area (Å²) in [6.45, 7) is 1.74. The minimum atomic E-state index is -0.735. The second kappa shape index (κ2) is 6.01. The second-order valence-electron chi connectivity index (χ2n) is 4.29. The number of nitrogens with zero attached hydrogens (tertiary/aromatic N) is 1. The highest BCUT2D eigenvalue weighted by Gasteiger charge is 2.16. The van der Waals surface area contributed by atoms with Crippen LogP contribution in [0.5, 0.6) is 0 Å². The number of hydrogen-bond donors (Lipinski definition) is 1. The van der Waals surface area contributed by atoms with Gasteiger partial charge in [-0.1, -0.05) is 22.0 Å². The van der Waals surface area contributed by atoms with Crippen molar-refractivity contribution in [1.29, 1.82) is 0 Å². The Morgan fingerprint density at radius 1 is 1.33 bits per heavy atom. The van der Waals surface area contributed by atoms with Crippen molar-refractivity contribution < 1.29 is 14.1 Å². The van der Waals surface area contributed by atoms with Crippen LogP contribution in [0.15, 0.2) is 40.9 Å². The molecular formula is C14H10BrFN2O3. The van der Waals surface area contributed by atoms with E-state index in [0.717, 1.165) is 22.7 Å². The third-order valence-electron chi connectivity index (χ3n) is 2.92. The van der Waals surface area contributed by atoms with Gasteiger partial charge in [0, 0.05) is 22.2 Å². The van der Waals surface area contributed by atoms with E-state index in [1.54, 1.807) is 25.1 Å². The molecule has 0 bridgehead atoms. The largest absolute Gasteiger partial charge is 0.319 e. The fraction of sp³-hybridized carbons (Fsp3) is 0.0714. The second-order valence-corrected chi connectivity index (χ2v) is 5.14. The van der Waals surface area contributed by atoms with Crippen molar-refractivity contribution in [3.63, 3.8) is 0 Å². The maximum absolute atomic E-state index is 13.6. The summed E-state index contributed by atoms with van der Waals surface area (Å²) in [6, 6.07) is 8.01. The molecule has 0 saturated heterocycles. The van der Waals surface area contributed by atoms with Gasteiger partial charge >= 0.3 is 0 Å². The Bertz CT molecular complexity index is 734. The van der Waals surface area contributed by atoms with Crippen LogP contribution in [0.4, 0.5) is 15.8 Å². The minimum Gasteiger partial charge on any atom is -0.319 e. The molecule has 0 aromatic heterocycles. The average molecular weight is 353 g/mol. The fourth-order valence-corrected chi connectivity index (χ4v) is 2.13. The molecular weight excluding hydrogens is 343 g/mol. The van der Waals surface area contributed by atoms with E-state index in [2.05, 4.69) is 21.2 Å². The highest BCUT2D eigenvalue weighted by molar-refractivity contribution is 9.10. The van der Waals surface area contributed by atoms with Crippen molar-refractivity contribution in [3.8, 4) is 0 Å². The fourth-order valence-electron chi connectivity index (χ4n) is 1.77. The number of anilines is 1. The smallest absolute Gasteiger partial charge is 0.271 e. The zero-order valence-electron chi connectivity index (χ0n) is 10.9. The SMILES string of the molecule is Cc1c(Br)cccc1C(=O)Nc1cc([N+](=O)[O-])ccc1F. The Balaban J connectivity index is 2.33. The summed E-state index contributed by atoms with van der Waals surface area (Å²) < 4.78 is 14.4. The number of rotatable bonds is 3. The van der Waals surface area contributed by atoms with Gasteiger partial charge in [0.2, 0.25) is 0 Å². The minimum absolute atomic E-state index is 0.228. The molecule has 7 heteroatoms. The van der Waals surface area contributed by atoms with Crippen molar-refractivity contribution in [2.24, 2.45) is 0 Å². The molecule has 0 aliphatic carbocycles. The van der Waals surface area contributed by atoms with Gasteiger partial charge in [-0.15, -0.1) is 0 Å². The quantitative estimate of drug-likeness (QED) is 0.668. The Morgan fingerprint density at radius 3 is 2.71 bits per heavy atom. The first kappa shape index (κ1) is 15.1. The van der Waals surface area contributed by atoms with Gasteiger partial charge < -0.3 is 5.32 Å². The number of halogens is 2. The van der Waals surface area contributed by atoms with Crippen LogP contribution in [0, 0.1) is 22.9 Å². The molecule has 21 heavy (non-hydrogen) atoms. The number of nitro benzene ring substituents is 1. The van der Waals surface area contributed by atoms with Gasteiger partial charge in [-0.2, -0.15) is 0 Å². The molecule has 0 saturated carbocycles. The van der Waals surface area contributed by atoms with Gasteiger partial charge in [0.1, 0.15) is 5.82 Å². The van der Waals surface area contributed by atoms with Crippen LogP contribution >= 0.6 is 15.9 Å². The van der Waals surface area contributed by atoms with Crippen LogP contribution in [0.1, 0.15) is 15.9 Å². The van der Waals surface area contributed by atoms with Crippen LogP contribution in [0.2, 0.25) is 0 Å². The van der Waals surface area contributed by atoms with Crippen molar-refractivity contribution in [2.45, 2.75) is 6.92 Å². The van der Waals surface area contributed by atoms with E-state index < -0.39 is 16.6 Å². The lowest BCUT2D eigenvalue weighted by Crippen LogP contribution is -2.14. The highest BCUT2D eigenvalue weighted by Crippen LogP contribution is 2.24. The van der Waals surface area contributed by atoms with Crippen LogP contribution < -0.4 is 5.32 Å². The molecule has 2 aromatic carbocycles. The molecule has 1 N–H and O–H groups in total. The summed E-state index contributed by atoms with van der Waals surface area (Å²) in [5.74, 6) is -1.27. The standard InChI is InChI=1S/C14H10BrFN2O3/c1-8-10(3-2-4-11(8)15)14(19)17-13-7-9(18(20)21)5-6-12(13)16/h2-7H,1H3,(H,17,19). The first-order chi connectivity index (χ1) is 9.90. The number of nitrogens with one attached hydrogen (secondary N) is 1. The molecule has 0 aliphatic heterocycles. The molecule has 2 aromatic rings. The number of hydrogen-bond acceptors (Lipinski definition) is 3. The molecule has 0 atom stereocenters. The lowest BCUT2D eigenvalue weighted by atomic mass is 10.1. The topological polar surface area (TPSA) is 72.2 Å². The average Bonchev–Trinajstić information content (AvgIpc) is 2.43. The van der Waals surface area contributed by atoms with Gasteiger partial charge in [-0.3, -0.25) is 14.9 Å². The summed E-state index contributed by atoms with van der Waals surface area (Å²) in [5.41, 5.74) is 0.530. The number of amides is 1. The van der Waals surface area contributed by atoms with Crippen LogP contribution in [0.25, 0.3) is 0 Å². The van der Waals surface area contributed by atoms with E-state index in [9.17, 15) is 19.3 Å². The lowest BCUT2D eigenvalue weighted by molar-refractivity contribution is -0.384. The molecule has 2 rings (SSSR count). The Morgan fingerprint density at radius 2 is 2.05 bits per heavy atom. The van der Waals surface area contributed by atoms with Crippen molar-refractivity contribution >= 4 is 33.2 Å². The summed E-state index contributed by atoms with van der Waals surface area (Å²) in [4.78, 5) is 22.2. The highest BCUT2D eigenvalue weighted by atomic mass is 79.9. The van der Waals surface area contributed by atoms with Crippen LogP contribution in [-0.2, 0) is 0 Å². The van der Waals surface area contributed by atoms with E-state index in [1.165, 1.54) is 0 Å². The third-order valence-corrected chi connectivity index (χ3v) is 3.78. The van der Waals surface area contributed by atoms with E-state index in [1.807, 2.05) is 0 Å². The number of carbonyl (C=O) groups is 1. The van der Waals surface area contributed by atoms with E-state index in [-0.39, 0.29) is 11.4 Å². The first-order valence-electron chi connectivity index (χ1n) is 5.90. The van der Waals surface area contributed by atoms with Crippen molar-refractivity contribution in [2.75, 3.05) is 5.32 Å². The van der Waals surface area contributed by atoms with Gasteiger partial charge in [0.15, 0.2) is 0 Å². The monoisotopic (exact) mass is 352 g/mol. The normalized spacial score (nSPS) is 10.2. The predicted molar refractivity (Wildman–Crippen MR) is 79.9 cm³/mol. The Hall–Kier alpha value is -2.28. The maximum Gasteiger partial charge on any atom is 0.271 e. The Kier molecular flexibility index (Phi) is 4.32. The van der Waals surface area contributed by atoms with Crippen molar-refractivity contribution in [3.05, 3.63) is 67.9 Å². The maximum atomic E-state index is 13.6. The molecule has 0 unspecified atom stereocenters. The molecule has 108 valence electrons. The zero-order chi connectivity index (χ0) is 15.6. The first-order valence-corrected chi connectivity index (χ1v) is 6.70. The van der Waals surface area contributed by atoms with Crippen molar-refractivity contribution in [1.82, 2.24) is 0 Å². The molecule has 0 radical (unpaired) electrons.